The number of hydrogen-bond acceptors (Lipinski definition) is 5. The third-order valence-corrected chi connectivity index (χ3v) is 7.36. The molecule has 2 rings (SSSR count). The van der Waals surface area contributed by atoms with E-state index in [2.05, 4.69) is 0 Å². The normalized spacial score (nSPS) is 19.1. The Labute approximate surface area is 140 Å². The number of thiophene rings is 1. The maximum absolute atomic E-state index is 12.5. The summed E-state index contributed by atoms with van der Waals surface area (Å²) in [6, 6.07) is 2.89. The number of hydrogen-bond donors (Lipinski definition) is 0. The Hall–Kier alpha value is -0.670. The average molecular weight is 366 g/mol. The van der Waals surface area contributed by atoms with E-state index in [1.807, 2.05) is 11.8 Å². The predicted octanol–water partition coefficient (Wildman–Crippen LogP) is 1.18. The molecule has 0 unspecified atom stereocenters. The van der Waals surface area contributed by atoms with E-state index in [9.17, 15) is 13.2 Å². The molecule has 0 bridgehead atoms. The third kappa shape index (κ3) is 3.62. The van der Waals surface area contributed by atoms with Crippen molar-refractivity contribution in [1.82, 2.24) is 14.1 Å². The maximum Gasteiger partial charge on any atom is 0.252 e. The van der Waals surface area contributed by atoms with Gasteiger partial charge in [0.05, 0.1) is 10.4 Å². The van der Waals surface area contributed by atoms with Gasteiger partial charge < -0.3 is 4.90 Å². The molecule has 1 saturated heterocycles. The Morgan fingerprint density at radius 2 is 1.86 bits per heavy atom. The van der Waals surface area contributed by atoms with Crippen molar-refractivity contribution in [3.8, 4) is 0 Å². The van der Waals surface area contributed by atoms with Gasteiger partial charge in [-0.3, -0.25) is 9.69 Å². The molecule has 1 fully saturated rings. The van der Waals surface area contributed by atoms with Crippen molar-refractivity contribution in [3.63, 3.8) is 0 Å². The smallest absolute Gasteiger partial charge is 0.252 e. The standard InChI is InChI=1S/C13H20ClN3O3S2/c1-10(13(18)15(2)3)16-6-8-17(9-7-16)22(19,20)12-5-4-11(14)21-12/h4-5,10H,6-9H2,1-3H3/t10-/m0/s1. The fourth-order valence-electron chi connectivity index (χ4n) is 2.42. The molecule has 6 nitrogen and oxygen atoms in total. The highest BCUT2D eigenvalue weighted by Gasteiger charge is 2.32. The van der Waals surface area contributed by atoms with Gasteiger partial charge in [0.25, 0.3) is 10.0 Å². The van der Waals surface area contributed by atoms with E-state index < -0.39 is 10.0 Å². The van der Waals surface area contributed by atoms with Crippen molar-refractivity contribution < 1.29 is 13.2 Å². The summed E-state index contributed by atoms with van der Waals surface area (Å²) in [7, 11) is -0.0369. The van der Waals surface area contributed by atoms with E-state index in [1.54, 1.807) is 25.1 Å². The number of piperazine rings is 1. The van der Waals surface area contributed by atoms with E-state index in [4.69, 9.17) is 11.6 Å². The Morgan fingerprint density at radius 3 is 2.32 bits per heavy atom. The molecule has 1 aromatic heterocycles. The lowest BCUT2D eigenvalue weighted by Gasteiger charge is -2.37. The van der Waals surface area contributed by atoms with Crippen LogP contribution in [-0.4, -0.2) is 74.7 Å². The zero-order valence-corrected chi connectivity index (χ0v) is 15.2. The molecule has 1 amide bonds. The second-order valence-electron chi connectivity index (χ2n) is 5.41. The number of nitrogens with zero attached hydrogens (tertiary/aromatic N) is 3. The average Bonchev–Trinajstić information content (AvgIpc) is 2.93. The monoisotopic (exact) mass is 365 g/mol. The van der Waals surface area contributed by atoms with Crippen LogP contribution < -0.4 is 0 Å². The predicted molar refractivity (Wildman–Crippen MR) is 87.8 cm³/mol. The molecular weight excluding hydrogens is 346 g/mol. The number of carbonyl (C=O) groups is 1. The fraction of sp³-hybridized carbons (Fsp3) is 0.615. The summed E-state index contributed by atoms with van der Waals surface area (Å²) in [6.45, 7) is 3.69. The molecule has 1 atom stereocenters. The van der Waals surface area contributed by atoms with Crippen molar-refractivity contribution in [2.45, 2.75) is 17.2 Å². The molecule has 124 valence electrons. The number of rotatable bonds is 4. The first kappa shape index (κ1) is 17.7. The molecule has 22 heavy (non-hydrogen) atoms. The summed E-state index contributed by atoms with van der Waals surface area (Å²) in [5, 5.41) is 0. The van der Waals surface area contributed by atoms with Crippen LogP contribution in [0.1, 0.15) is 6.92 Å². The molecule has 0 saturated carbocycles. The first-order valence-electron chi connectivity index (χ1n) is 6.94. The van der Waals surface area contributed by atoms with E-state index in [-0.39, 0.29) is 16.2 Å². The fourth-order valence-corrected chi connectivity index (χ4v) is 5.48. The van der Waals surface area contributed by atoms with Crippen LogP contribution in [0.25, 0.3) is 0 Å². The second kappa shape index (κ2) is 6.84. The Kier molecular flexibility index (Phi) is 5.50. The summed E-state index contributed by atoms with van der Waals surface area (Å²) < 4.78 is 27.2. The van der Waals surface area contributed by atoms with Gasteiger partial charge in [0, 0.05) is 40.3 Å². The van der Waals surface area contributed by atoms with Crippen LogP contribution in [0.3, 0.4) is 0 Å². The Balaban J connectivity index is 2.02. The van der Waals surface area contributed by atoms with Gasteiger partial charge in [-0.1, -0.05) is 11.6 Å². The van der Waals surface area contributed by atoms with Gasteiger partial charge in [-0.05, 0) is 19.1 Å². The lowest BCUT2D eigenvalue weighted by atomic mass is 10.2. The van der Waals surface area contributed by atoms with Crippen LogP contribution in [0.15, 0.2) is 16.3 Å². The van der Waals surface area contributed by atoms with Crippen molar-refractivity contribution in [3.05, 3.63) is 16.5 Å². The Bertz CT molecular complexity index is 637. The van der Waals surface area contributed by atoms with Gasteiger partial charge in [0.1, 0.15) is 4.21 Å². The first-order chi connectivity index (χ1) is 10.2. The highest BCUT2D eigenvalue weighted by molar-refractivity contribution is 7.91. The number of carbonyl (C=O) groups excluding carboxylic acids is 1. The van der Waals surface area contributed by atoms with Crippen LogP contribution in [0.5, 0.6) is 0 Å². The minimum Gasteiger partial charge on any atom is -0.347 e. The van der Waals surface area contributed by atoms with E-state index in [0.29, 0.717) is 30.5 Å². The van der Waals surface area contributed by atoms with Gasteiger partial charge >= 0.3 is 0 Å². The maximum atomic E-state index is 12.5. The van der Waals surface area contributed by atoms with E-state index in [1.165, 1.54) is 10.4 Å². The number of sulfonamides is 1. The molecule has 2 heterocycles. The van der Waals surface area contributed by atoms with E-state index in [0.717, 1.165) is 11.3 Å². The van der Waals surface area contributed by atoms with Crippen molar-refractivity contribution in [1.29, 1.82) is 0 Å². The van der Waals surface area contributed by atoms with E-state index >= 15 is 0 Å². The zero-order chi connectivity index (χ0) is 16.5. The highest BCUT2D eigenvalue weighted by atomic mass is 35.5. The summed E-state index contributed by atoms with van der Waals surface area (Å²) in [5.41, 5.74) is 0. The molecule has 0 N–H and O–H groups in total. The molecule has 0 aromatic carbocycles. The van der Waals surface area contributed by atoms with Crippen molar-refractivity contribution in [2.24, 2.45) is 0 Å². The highest BCUT2D eigenvalue weighted by Crippen LogP contribution is 2.28. The summed E-state index contributed by atoms with van der Waals surface area (Å²) in [4.78, 5) is 15.6. The largest absolute Gasteiger partial charge is 0.347 e. The van der Waals surface area contributed by atoms with Crippen LogP contribution in [-0.2, 0) is 14.8 Å². The van der Waals surface area contributed by atoms with Crippen LogP contribution >= 0.6 is 22.9 Å². The lowest BCUT2D eigenvalue weighted by molar-refractivity contribution is -0.134. The van der Waals surface area contributed by atoms with Gasteiger partial charge in [-0.2, -0.15) is 4.31 Å². The quantitative estimate of drug-likeness (QED) is 0.804. The zero-order valence-electron chi connectivity index (χ0n) is 12.8. The second-order valence-corrected chi connectivity index (χ2v) is 9.29. The van der Waals surface area contributed by atoms with Crippen LogP contribution in [0, 0.1) is 0 Å². The molecule has 1 aliphatic heterocycles. The third-order valence-electron chi connectivity index (χ3n) is 3.76. The minimum atomic E-state index is -3.48. The minimum absolute atomic E-state index is 0.0290. The lowest BCUT2D eigenvalue weighted by Crippen LogP contribution is -2.54. The molecule has 0 aliphatic carbocycles. The Morgan fingerprint density at radius 1 is 1.27 bits per heavy atom. The first-order valence-corrected chi connectivity index (χ1v) is 9.57. The van der Waals surface area contributed by atoms with Gasteiger partial charge in [-0.15, -0.1) is 11.3 Å². The van der Waals surface area contributed by atoms with Crippen LogP contribution in [0.2, 0.25) is 4.34 Å². The molecule has 1 aliphatic rings. The molecule has 0 radical (unpaired) electrons. The SMILES string of the molecule is C[C@@H](C(=O)N(C)C)N1CCN(S(=O)(=O)c2ccc(Cl)s2)CC1. The van der Waals surface area contributed by atoms with Crippen LogP contribution in [0.4, 0.5) is 0 Å². The van der Waals surface area contributed by atoms with Gasteiger partial charge in [0.2, 0.25) is 5.91 Å². The molecule has 0 spiro atoms. The number of likely N-dealkylation sites (N-methyl/N-ethyl adjacent to an activating group) is 1. The summed E-state index contributed by atoms with van der Waals surface area (Å²) >= 11 is 6.89. The molecule has 9 heteroatoms. The van der Waals surface area contributed by atoms with Gasteiger partial charge in [0.15, 0.2) is 0 Å². The molecular formula is C13H20ClN3O3S2. The summed E-state index contributed by atoms with van der Waals surface area (Å²) in [5.74, 6) is 0.0290. The van der Waals surface area contributed by atoms with Gasteiger partial charge in [-0.25, -0.2) is 8.42 Å². The summed E-state index contributed by atoms with van der Waals surface area (Å²) in [6.07, 6.45) is 0. The van der Waals surface area contributed by atoms with Crippen molar-refractivity contribution in [2.75, 3.05) is 40.3 Å². The number of halogens is 1. The van der Waals surface area contributed by atoms with Crippen molar-refractivity contribution >= 4 is 38.9 Å². The topological polar surface area (TPSA) is 60.9 Å². The number of amides is 1. The molecule has 1 aromatic rings.